The monoisotopic (exact) mass is 238 g/mol. The summed E-state index contributed by atoms with van der Waals surface area (Å²) in [6, 6.07) is 6.02. The van der Waals surface area contributed by atoms with Crippen LogP contribution in [0, 0.1) is 0 Å². The van der Waals surface area contributed by atoms with Crippen LogP contribution in [0.2, 0.25) is 0 Å². The van der Waals surface area contributed by atoms with Crippen molar-refractivity contribution in [1.29, 1.82) is 0 Å². The SMILES string of the molecule is CC(C(N)=S)N(C)C(=O)c1ccccc1O. The standard InChI is InChI=1S/C11H14N2O2S/c1-7(10(12)16)13(2)11(15)8-5-3-4-6-9(8)14/h3-7,14H,1-2H3,(H2,12,16). The summed E-state index contributed by atoms with van der Waals surface area (Å²) in [5, 5.41) is 9.54. The number of nitrogens with zero attached hydrogens (tertiary/aromatic N) is 1. The van der Waals surface area contributed by atoms with Gasteiger partial charge in [-0.2, -0.15) is 0 Å². The van der Waals surface area contributed by atoms with Crippen LogP contribution in [-0.4, -0.2) is 34.0 Å². The molecule has 1 amide bonds. The molecule has 0 saturated heterocycles. The number of para-hydroxylation sites is 1. The third kappa shape index (κ3) is 2.49. The van der Waals surface area contributed by atoms with Gasteiger partial charge in [0.25, 0.3) is 5.91 Å². The Labute approximate surface area is 99.7 Å². The van der Waals surface area contributed by atoms with Gasteiger partial charge >= 0.3 is 0 Å². The highest BCUT2D eigenvalue weighted by Crippen LogP contribution is 2.18. The van der Waals surface area contributed by atoms with Crippen LogP contribution in [0.1, 0.15) is 17.3 Å². The Morgan fingerprint density at radius 2 is 2.06 bits per heavy atom. The minimum absolute atomic E-state index is 0.0468. The molecular weight excluding hydrogens is 224 g/mol. The van der Waals surface area contributed by atoms with Gasteiger partial charge in [-0.1, -0.05) is 24.4 Å². The van der Waals surface area contributed by atoms with Gasteiger partial charge in [0.1, 0.15) is 5.75 Å². The summed E-state index contributed by atoms with van der Waals surface area (Å²) in [5.41, 5.74) is 5.71. The Kier molecular flexibility index (Phi) is 3.84. The fourth-order valence-corrected chi connectivity index (χ4v) is 1.37. The maximum absolute atomic E-state index is 12.0. The van der Waals surface area contributed by atoms with E-state index in [1.807, 2.05) is 0 Å². The summed E-state index contributed by atoms with van der Waals surface area (Å²) in [5.74, 6) is -0.354. The largest absolute Gasteiger partial charge is 0.507 e. The van der Waals surface area contributed by atoms with Gasteiger partial charge in [-0.05, 0) is 19.1 Å². The van der Waals surface area contributed by atoms with Gasteiger partial charge in [-0.25, -0.2) is 0 Å². The van der Waals surface area contributed by atoms with Crippen molar-refractivity contribution in [3.63, 3.8) is 0 Å². The molecule has 1 atom stereocenters. The number of carbonyl (C=O) groups is 1. The van der Waals surface area contributed by atoms with E-state index in [0.29, 0.717) is 0 Å². The first-order valence-electron chi connectivity index (χ1n) is 4.79. The summed E-state index contributed by atoms with van der Waals surface area (Å²) >= 11 is 4.82. The maximum atomic E-state index is 12.0. The highest BCUT2D eigenvalue weighted by atomic mass is 32.1. The van der Waals surface area contributed by atoms with Gasteiger partial charge in [0, 0.05) is 7.05 Å². The van der Waals surface area contributed by atoms with Gasteiger partial charge in [-0.15, -0.1) is 0 Å². The second-order valence-corrected chi connectivity index (χ2v) is 3.98. The second-order valence-electron chi connectivity index (χ2n) is 3.51. The van der Waals surface area contributed by atoms with E-state index >= 15 is 0 Å². The van der Waals surface area contributed by atoms with E-state index in [2.05, 4.69) is 0 Å². The zero-order chi connectivity index (χ0) is 12.3. The summed E-state index contributed by atoms with van der Waals surface area (Å²) in [7, 11) is 1.60. The molecule has 0 aliphatic carbocycles. The van der Waals surface area contributed by atoms with Crippen LogP contribution in [0.3, 0.4) is 0 Å². The third-order valence-electron chi connectivity index (χ3n) is 2.45. The van der Waals surface area contributed by atoms with Crippen molar-refractivity contribution in [3.8, 4) is 5.75 Å². The molecule has 0 heterocycles. The molecule has 0 aromatic heterocycles. The second kappa shape index (κ2) is 4.94. The molecule has 0 saturated carbocycles. The Morgan fingerprint density at radius 3 is 2.56 bits per heavy atom. The summed E-state index contributed by atoms with van der Waals surface area (Å²) in [6.07, 6.45) is 0. The molecule has 3 N–H and O–H groups in total. The highest BCUT2D eigenvalue weighted by Gasteiger charge is 2.21. The molecule has 1 aromatic carbocycles. The molecular formula is C11H14N2O2S. The first kappa shape index (κ1) is 12.4. The van der Waals surface area contributed by atoms with Crippen molar-refractivity contribution < 1.29 is 9.90 Å². The highest BCUT2D eigenvalue weighted by molar-refractivity contribution is 7.80. The molecule has 0 bridgehead atoms. The van der Waals surface area contributed by atoms with E-state index in [-0.39, 0.29) is 28.3 Å². The Morgan fingerprint density at radius 1 is 1.50 bits per heavy atom. The van der Waals surface area contributed by atoms with Crippen LogP contribution < -0.4 is 5.73 Å². The van der Waals surface area contributed by atoms with Crippen LogP contribution in [0.15, 0.2) is 24.3 Å². The van der Waals surface area contributed by atoms with E-state index in [1.54, 1.807) is 32.2 Å². The molecule has 0 aliphatic rings. The first-order valence-corrected chi connectivity index (χ1v) is 5.20. The molecule has 4 nitrogen and oxygen atoms in total. The van der Waals surface area contributed by atoms with Crippen molar-refractivity contribution in [2.24, 2.45) is 5.73 Å². The van der Waals surface area contributed by atoms with Crippen LogP contribution >= 0.6 is 12.2 Å². The fraction of sp³-hybridized carbons (Fsp3) is 0.273. The van der Waals surface area contributed by atoms with Crippen LogP contribution in [-0.2, 0) is 0 Å². The summed E-state index contributed by atoms with van der Waals surface area (Å²) in [4.78, 5) is 13.6. The Hall–Kier alpha value is -1.62. The predicted octanol–water partition coefficient (Wildman–Crippen LogP) is 1.14. The van der Waals surface area contributed by atoms with Gasteiger partial charge in [0.2, 0.25) is 0 Å². The number of nitrogens with two attached hydrogens (primary N) is 1. The minimum Gasteiger partial charge on any atom is -0.507 e. The average molecular weight is 238 g/mol. The van der Waals surface area contributed by atoms with Gasteiger partial charge in [0.05, 0.1) is 16.6 Å². The number of hydrogen-bond acceptors (Lipinski definition) is 3. The number of benzene rings is 1. The molecule has 16 heavy (non-hydrogen) atoms. The van der Waals surface area contributed by atoms with Crippen LogP contribution in [0.4, 0.5) is 0 Å². The molecule has 5 heteroatoms. The Bertz CT molecular complexity index is 420. The van der Waals surface area contributed by atoms with E-state index in [4.69, 9.17) is 18.0 Å². The summed E-state index contributed by atoms with van der Waals surface area (Å²) in [6.45, 7) is 1.74. The molecule has 1 rings (SSSR count). The zero-order valence-corrected chi connectivity index (χ0v) is 9.99. The molecule has 0 radical (unpaired) electrons. The van der Waals surface area contributed by atoms with Crippen LogP contribution in [0.25, 0.3) is 0 Å². The van der Waals surface area contributed by atoms with Gasteiger partial charge < -0.3 is 15.7 Å². The summed E-state index contributed by atoms with van der Waals surface area (Å²) < 4.78 is 0. The number of thiocarbonyl (C=S) groups is 1. The first-order chi connectivity index (χ1) is 7.45. The number of phenols is 1. The zero-order valence-electron chi connectivity index (χ0n) is 9.18. The third-order valence-corrected chi connectivity index (χ3v) is 2.79. The van der Waals surface area contributed by atoms with Crippen molar-refractivity contribution in [1.82, 2.24) is 4.90 Å². The number of likely N-dealkylation sites (N-methyl/N-ethyl adjacent to an activating group) is 1. The number of phenolic OH excluding ortho intramolecular Hbond substituents is 1. The lowest BCUT2D eigenvalue weighted by molar-refractivity contribution is 0.0776. The molecule has 86 valence electrons. The smallest absolute Gasteiger partial charge is 0.257 e. The topological polar surface area (TPSA) is 66.6 Å². The van der Waals surface area contributed by atoms with Crippen molar-refractivity contribution in [2.45, 2.75) is 13.0 Å². The lowest BCUT2D eigenvalue weighted by Crippen LogP contribution is -2.42. The van der Waals surface area contributed by atoms with E-state index in [9.17, 15) is 9.90 Å². The number of hydrogen-bond donors (Lipinski definition) is 2. The number of rotatable bonds is 3. The predicted molar refractivity (Wildman–Crippen MR) is 66.4 cm³/mol. The van der Waals surface area contributed by atoms with E-state index in [1.165, 1.54) is 11.0 Å². The fourth-order valence-electron chi connectivity index (χ4n) is 1.21. The molecule has 0 spiro atoms. The van der Waals surface area contributed by atoms with Gasteiger partial charge in [0.15, 0.2) is 0 Å². The minimum atomic E-state index is -0.345. The lowest BCUT2D eigenvalue weighted by atomic mass is 10.1. The number of carbonyl (C=O) groups excluding carboxylic acids is 1. The average Bonchev–Trinajstić information content (AvgIpc) is 2.26. The molecule has 1 unspecified atom stereocenters. The van der Waals surface area contributed by atoms with Crippen molar-refractivity contribution in [2.75, 3.05) is 7.05 Å². The van der Waals surface area contributed by atoms with E-state index < -0.39 is 0 Å². The maximum Gasteiger partial charge on any atom is 0.257 e. The van der Waals surface area contributed by atoms with E-state index in [0.717, 1.165) is 0 Å². The quantitative estimate of drug-likeness (QED) is 0.775. The number of amides is 1. The molecule has 1 aromatic rings. The van der Waals surface area contributed by atoms with Gasteiger partial charge in [-0.3, -0.25) is 4.79 Å². The van der Waals surface area contributed by atoms with Crippen molar-refractivity contribution >= 4 is 23.1 Å². The number of aromatic hydroxyl groups is 1. The van der Waals surface area contributed by atoms with Crippen molar-refractivity contribution in [3.05, 3.63) is 29.8 Å². The Balaban J connectivity index is 2.95. The lowest BCUT2D eigenvalue weighted by Gasteiger charge is -2.24. The molecule has 0 fully saturated rings. The molecule has 0 aliphatic heterocycles. The normalized spacial score (nSPS) is 11.9. The van der Waals surface area contributed by atoms with Crippen LogP contribution in [0.5, 0.6) is 5.75 Å².